The van der Waals surface area contributed by atoms with Crippen LogP contribution in [0.2, 0.25) is 0 Å². The maximum absolute atomic E-state index is 13.3. The molecule has 2 aliphatic rings. The molecule has 0 unspecified atom stereocenters. The minimum absolute atomic E-state index is 0.00399. The van der Waals surface area contributed by atoms with E-state index in [1.807, 2.05) is 59.2 Å². The fraction of sp³-hybridized carbons (Fsp3) is 0.333. The van der Waals surface area contributed by atoms with Crippen LogP contribution < -0.4 is 10.4 Å². The number of aromatic nitrogens is 2. The molecule has 1 N–H and O–H groups in total. The molecular formula is C42H46N4O3. The Balaban J connectivity index is 0.825. The number of allylic oxidation sites excluding steroid dienone is 1. The van der Waals surface area contributed by atoms with Crippen LogP contribution in [0.4, 0.5) is 0 Å². The van der Waals surface area contributed by atoms with Crippen molar-refractivity contribution in [2.75, 3.05) is 33.3 Å². The Morgan fingerprint density at radius 3 is 2.37 bits per heavy atom. The second-order valence-corrected chi connectivity index (χ2v) is 13.7. The molecule has 7 nitrogen and oxygen atoms in total. The Morgan fingerprint density at radius 1 is 0.837 bits per heavy atom. The molecule has 1 aliphatic heterocycles. The number of nitrogens with zero attached hydrogens (tertiary/aromatic N) is 3. The first-order chi connectivity index (χ1) is 24.0. The van der Waals surface area contributed by atoms with E-state index in [0.29, 0.717) is 13.0 Å². The third-order valence-corrected chi connectivity index (χ3v) is 10.0. The van der Waals surface area contributed by atoms with Crippen molar-refractivity contribution in [3.63, 3.8) is 0 Å². The van der Waals surface area contributed by atoms with E-state index >= 15 is 0 Å². The van der Waals surface area contributed by atoms with Gasteiger partial charge in [-0.05, 0) is 98.3 Å². The zero-order valence-electron chi connectivity index (χ0n) is 28.4. The Bertz CT molecular complexity index is 1970. The highest BCUT2D eigenvalue weighted by Crippen LogP contribution is 2.31. The first-order valence-electron chi connectivity index (χ1n) is 17.7. The van der Waals surface area contributed by atoms with Crippen LogP contribution in [0.1, 0.15) is 70.8 Å². The largest absolute Gasteiger partial charge is 0.494 e. The van der Waals surface area contributed by atoms with E-state index in [0.717, 1.165) is 104 Å². The molecule has 49 heavy (non-hydrogen) atoms. The van der Waals surface area contributed by atoms with Gasteiger partial charge in [0.2, 0.25) is 0 Å². The summed E-state index contributed by atoms with van der Waals surface area (Å²) < 4.78 is 8.04. The SMILES string of the molecule is CN(Cc1ccccc1)Cc1ccc(/C=C2\Cc3ccc(OCCCCCN4CCC(n5c(=O)[nH]c6ccccc65)CC4)cc3C2=O)cc1. The number of H-pyrrole nitrogens is 1. The summed E-state index contributed by atoms with van der Waals surface area (Å²) in [7, 11) is 2.14. The predicted octanol–water partition coefficient (Wildman–Crippen LogP) is 7.67. The first-order valence-corrected chi connectivity index (χ1v) is 17.7. The number of rotatable bonds is 13. The maximum Gasteiger partial charge on any atom is 0.326 e. The topological polar surface area (TPSA) is 70.6 Å². The molecule has 7 rings (SSSR count). The van der Waals surface area contributed by atoms with Gasteiger partial charge in [0.1, 0.15) is 5.75 Å². The number of hydrogen-bond donors (Lipinski definition) is 1. The number of para-hydroxylation sites is 2. The van der Waals surface area contributed by atoms with E-state index in [9.17, 15) is 9.59 Å². The lowest BCUT2D eigenvalue weighted by Gasteiger charge is -2.32. The van der Waals surface area contributed by atoms with Gasteiger partial charge in [0.05, 0.1) is 17.6 Å². The van der Waals surface area contributed by atoms with Gasteiger partial charge in [0.25, 0.3) is 0 Å². The fourth-order valence-corrected chi connectivity index (χ4v) is 7.41. The van der Waals surface area contributed by atoms with E-state index in [1.165, 1.54) is 11.1 Å². The van der Waals surface area contributed by atoms with Crippen LogP contribution in [0.25, 0.3) is 17.1 Å². The van der Waals surface area contributed by atoms with Gasteiger partial charge in [-0.3, -0.25) is 14.3 Å². The summed E-state index contributed by atoms with van der Waals surface area (Å²) >= 11 is 0. The Kier molecular flexibility index (Phi) is 10.2. The molecule has 0 radical (unpaired) electrons. The number of likely N-dealkylation sites (tertiary alicyclic amines) is 1. The lowest BCUT2D eigenvalue weighted by Crippen LogP contribution is -2.37. The number of fused-ring (bicyclic) bond motifs is 2. The van der Waals surface area contributed by atoms with Crippen LogP contribution in [0.3, 0.4) is 0 Å². The van der Waals surface area contributed by atoms with Gasteiger partial charge in [0.15, 0.2) is 5.78 Å². The van der Waals surface area contributed by atoms with E-state index < -0.39 is 0 Å². The van der Waals surface area contributed by atoms with E-state index in [2.05, 4.69) is 70.4 Å². The molecule has 0 saturated carbocycles. The lowest BCUT2D eigenvalue weighted by molar-refractivity contribution is 0.104. The number of aromatic amines is 1. The average molecular weight is 655 g/mol. The fourth-order valence-electron chi connectivity index (χ4n) is 7.41. The van der Waals surface area contributed by atoms with Gasteiger partial charge in [-0.2, -0.15) is 0 Å². The second kappa shape index (κ2) is 15.2. The maximum atomic E-state index is 13.3. The summed E-state index contributed by atoms with van der Waals surface area (Å²) in [6.07, 6.45) is 7.90. The number of unbranched alkanes of at least 4 members (excludes halogenated alkanes) is 2. The number of carbonyl (C=O) groups excluding carboxylic acids is 1. The van der Waals surface area contributed by atoms with Crippen molar-refractivity contribution in [3.8, 4) is 5.75 Å². The molecule has 0 spiro atoms. The monoisotopic (exact) mass is 654 g/mol. The van der Waals surface area contributed by atoms with Crippen LogP contribution in [0, 0.1) is 0 Å². The number of ether oxygens (including phenoxy) is 1. The van der Waals surface area contributed by atoms with Crippen molar-refractivity contribution in [1.82, 2.24) is 19.4 Å². The number of piperidine rings is 1. The summed E-state index contributed by atoms with van der Waals surface area (Å²) in [5.41, 5.74) is 8.21. The number of hydrogen-bond acceptors (Lipinski definition) is 5. The minimum Gasteiger partial charge on any atom is -0.494 e. The van der Waals surface area contributed by atoms with Gasteiger partial charge in [-0.15, -0.1) is 0 Å². The zero-order valence-corrected chi connectivity index (χ0v) is 28.4. The first kappa shape index (κ1) is 32.8. The van der Waals surface area contributed by atoms with Crippen molar-refractivity contribution >= 4 is 22.9 Å². The summed E-state index contributed by atoms with van der Waals surface area (Å²) in [6.45, 7) is 5.54. The molecule has 5 aromatic rings. The molecule has 7 heteroatoms. The zero-order chi connectivity index (χ0) is 33.6. The predicted molar refractivity (Wildman–Crippen MR) is 197 cm³/mol. The Hall–Kier alpha value is -4.72. The summed E-state index contributed by atoms with van der Waals surface area (Å²) in [4.78, 5) is 33.7. The molecule has 2 heterocycles. The van der Waals surface area contributed by atoms with Crippen molar-refractivity contribution in [3.05, 3.63) is 141 Å². The molecular weight excluding hydrogens is 608 g/mol. The van der Waals surface area contributed by atoms with Crippen molar-refractivity contribution in [1.29, 1.82) is 0 Å². The summed E-state index contributed by atoms with van der Waals surface area (Å²) in [6, 6.07) is 33.2. The summed E-state index contributed by atoms with van der Waals surface area (Å²) in [5, 5.41) is 0. The highest BCUT2D eigenvalue weighted by molar-refractivity contribution is 6.15. The Labute approximate surface area is 288 Å². The number of nitrogens with one attached hydrogen (secondary N) is 1. The van der Waals surface area contributed by atoms with Crippen LogP contribution in [-0.4, -0.2) is 58.4 Å². The van der Waals surface area contributed by atoms with Crippen molar-refractivity contribution in [2.24, 2.45) is 0 Å². The second-order valence-electron chi connectivity index (χ2n) is 13.7. The highest BCUT2D eigenvalue weighted by Gasteiger charge is 2.26. The van der Waals surface area contributed by atoms with E-state index in [1.54, 1.807) is 0 Å². The normalized spacial score (nSPS) is 16.2. The van der Waals surface area contributed by atoms with Gasteiger partial charge in [-0.1, -0.05) is 72.8 Å². The quantitative estimate of drug-likeness (QED) is 0.104. The molecule has 0 bridgehead atoms. The highest BCUT2D eigenvalue weighted by atomic mass is 16.5. The van der Waals surface area contributed by atoms with Gasteiger partial charge in [-0.25, -0.2) is 4.79 Å². The van der Waals surface area contributed by atoms with Gasteiger partial charge in [0, 0.05) is 49.8 Å². The van der Waals surface area contributed by atoms with Gasteiger partial charge >= 0.3 is 5.69 Å². The summed E-state index contributed by atoms with van der Waals surface area (Å²) in [5.74, 6) is 0.873. The van der Waals surface area contributed by atoms with Crippen molar-refractivity contribution < 1.29 is 9.53 Å². The standard InChI is InChI=1S/C42H46N4O3/c1-44(29-32-10-4-2-5-11-32)30-33-16-14-31(15-17-33)26-35-27-34-18-19-37(28-38(34)41(35)47)49-25-9-3-8-22-45-23-20-36(21-24-45)46-40-13-7-6-12-39(40)43-42(46)48/h2,4-7,10-19,26,28,36H,3,8-9,20-25,27,29-30H2,1H3,(H,43,48)/b35-26+. The molecule has 0 atom stereocenters. The Morgan fingerprint density at radius 2 is 1.57 bits per heavy atom. The lowest BCUT2D eigenvalue weighted by atomic mass is 10.0. The number of imidazole rings is 1. The van der Waals surface area contributed by atoms with Crippen molar-refractivity contribution in [2.45, 2.75) is 57.7 Å². The molecule has 1 aromatic heterocycles. The molecule has 0 amide bonds. The number of Topliss-reactive ketones (excluding diaryl/α,β-unsaturated/α-hetero) is 1. The number of ketones is 1. The van der Waals surface area contributed by atoms with Crippen LogP contribution in [0.5, 0.6) is 5.75 Å². The van der Waals surface area contributed by atoms with Gasteiger partial charge < -0.3 is 14.6 Å². The molecule has 252 valence electrons. The van der Waals surface area contributed by atoms with Crippen LogP contribution >= 0.6 is 0 Å². The minimum atomic E-state index is 0.00399. The number of carbonyl (C=O) groups is 1. The van der Waals surface area contributed by atoms with Crippen LogP contribution in [0.15, 0.2) is 107 Å². The third-order valence-electron chi connectivity index (χ3n) is 10.0. The van der Waals surface area contributed by atoms with E-state index in [4.69, 9.17) is 4.74 Å². The smallest absolute Gasteiger partial charge is 0.326 e. The molecule has 4 aromatic carbocycles. The van der Waals surface area contributed by atoms with E-state index in [-0.39, 0.29) is 17.5 Å². The average Bonchev–Trinajstić information content (AvgIpc) is 3.62. The number of benzene rings is 4. The van der Waals surface area contributed by atoms with Crippen LogP contribution in [-0.2, 0) is 19.5 Å². The molecule has 1 saturated heterocycles. The molecule has 1 fully saturated rings. The third kappa shape index (κ3) is 7.96. The molecule has 1 aliphatic carbocycles.